The molecule has 1 atom stereocenters. The number of benzene rings is 3. The Morgan fingerprint density at radius 3 is 2.57 bits per heavy atom. The van der Waals surface area contributed by atoms with Crippen molar-refractivity contribution in [2.24, 2.45) is 4.99 Å². The number of nitrogens with zero attached hydrogens (tertiary/aromatic N) is 1. The van der Waals surface area contributed by atoms with Gasteiger partial charge in [0.2, 0.25) is 0 Å². The molecule has 1 saturated heterocycles. The van der Waals surface area contributed by atoms with Crippen molar-refractivity contribution in [3.05, 3.63) is 89.5 Å². The van der Waals surface area contributed by atoms with E-state index in [0.717, 1.165) is 22.0 Å². The average Bonchev–Trinajstić information content (AvgIpc) is 3.24. The molecule has 1 heterocycles. The molecule has 152 valence electrons. The number of aromatic hydroxyl groups is 1. The second kappa shape index (κ2) is 8.92. The highest BCUT2D eigenvalue weighted by Gasteiger charge is 2.21. The van der Waals surface area contributed by atoms with E-state index in [9.17, 15) is 9.90 Å². The van der Waals surface area contributed by atoms with Crippen molar-refractivity contribution in [2.45, 2.75) is 12.6 Å². The number of carbonyl (C=O) groups excluding carboxylic acids is 1. The Labute approximate surface area is 179 Å². The van der Waals surface area contributed by atoms with Crippen molar-refractivity contribution in [2.75, 3.05) is 16.8 Å². The van der Waals surface area contributed by atoms with Gasteiger partial charge in [-0.3, -0.25) is 9.79 Å². The van der Waals surface area contributed by atoms with E-state index in [0.29, 0.717) is 23.5 Å². The Kier molecular flexibility index (Phi) is 5.90. The summed E-state index contributed by atoms with van der Waals surface area (Å²) < 4.78 is 0. The molecular weight excluding hydrogens is 396 g/mol. The summed E-state index contributed by atoms with van der Waals surface area (Å²) >= 11 is 1.68. The third-order valence-electron chi connectivity index (χ3n) is 4.81. The van der Waals surface area contributed by atoms with Crippen LogP contribution in [0.15, 0.2) is 77.8 Å². The molecule has 0 unspecified atom stereocenters. The van der Waals surface area contributed by atoms with Gasteiger partial charge in [0.05, 0.1) is 24.0 Å². The van der Waals surface area contributed by atoms with Crippen molar-refractivity contribution in [3.8, 4) is 5.75 Å². The molecule has 6 nitrogen and oxygen atoms in total. The van der Waals surface area contributed by atoms with Gasteiger partial charge in [0.1, 0.15) is 5.75 Å². The van der Waals surface area contributed by atoms with E-state index in [1.54, 1.807) is 48.2 Å². The molecule has 1 aliphatic rings. The van der Waals surface area contributed by atoms with Crippen molar-refractivity contribution in [1.82, 2.24) is 5.32 Å². The molecule has 5 N–H and O–H groups in total. The smallest absolute Gasteiger partial charge is 0.255 e. The van der Waals surface area contributed by atoms with Gasteiger partial charge >= 0.3 is 0 Å². The van der Waals surface area contributed by atoms with Crippen LogP contribution in [0.25, 0.3) is 0 Å². The SMILES string of the molecule is Nc1ccccc1NC(=O)c1ccc(CN=C2N[C@@H](c3ccc(O)cc3)CS2)cc1. The van der Waals surface area contributed by atoms with Gasteiger partial charge in [-0.2, -0.15) is 0 Å². The van der Waals surface area contributed by atoms with Crippen LogP contribution in [0.1, 0.15) is 27.5 Å². The number of rotatable bonds is 5. The highest BCUT2D eigenvalue weighted by molar-refractivity contribution is 8.14. The number of carbonyl (C=O) groups is 1. The third-order valence-corrected chi connectivity index (χ3v) is 5.83. The van der Waals surface area contributed by atoms with Gasteiger partial charge in [0, 0.05) is 11.3 Å². The monoisotopic (exact) mass is 418 g/mol. The molecule has 30 heavy (non-hydrogen) atoms. The number of amidine groups is 1. The Balaban J connectivity index is 1.34. The lowest BCUT2D eigenvalue weighted by Crippen LogP contribution is -2.19. The van der Waals surface area contributed by atoms with Gasteiger partial charge in [-0.05, 0) is 47.5 Å². The van der Waals surface area contributed by atoms with Gasteiger partial charge in [-0.1, -0.05) is 48.2 Å². The molecule has 1 fully saturated rings. The number of nitrogen functional groups attached to an aromatic ring is 1. The van der Waals surface area contributed by atoms with E-state index in [1.807, 2.05) is 36.4 Å². The third kappa shape index (κ3) is 4.75. The minimum Gasteiger partial charge on any atom is -0.508 e. The zero-order chi connectivity index (χ0) is 20.9. The fourth-order valence-corrected chi connectivity index (χ4v) is 4.08. The number of aliphatic imine (C=N–C) groups is 1. The van der Waals surface area contributed by atoms with Gasteiger partial charge in [0.25, 0.3) is 5.91 Å². The topological polar surface area (TPSA) is 99.7 Å². The fourth-order valence-electron chi connectivity index (χ4n) is 3.10. The molecule has 1 aliphatic heterocycles. The first-order valence-electron chi connectivity index (χ1n) is 9.56. The molecule has 7 heteroatoms. The summed E-state index contributed by atoms with van der Waals surface area (Å²) in [6.45, 7) is 0.533. The van der Waals surface area contributed by atoms with Crippen molar-refractivity contribution >= 4 is 34.2 Å². The lowest BCUT2D eigenvalue weighted by molar-refractivity contribution is 0.102. The maximum absolute atomic E-state index is 12.4. The Hall–Kier alpha value is -3.45. The van der Waals surface area contributed by atoms with E-state index in [4.69, 9.17) is 5.73 Å². The number of anilines is 2. The Morgan fingerprint density at radius 2 is 1.83 bits per heavy atom. The molecule has 0 saturated carbocycles. The van der Waals surface area contributed by atoms with E-state index in [2.05, 4.69) is 15.6 Å². The van der Waals surface area contributed by atoms with Gasteiger partial charge in [-0.25, -0.2) is 0 Å². The summed E-state index contributed by atoms with van der Waals surface area (Å²) in [6, 6.07) is 22.0. The van der Waals surface area contributed by atoms with Crippen molar-refractivity contribution in [3.63, 3.8) is 0 Å². The normalized spacial score (nSPS) is 16.9. The van der Waals surface area contributed by atoms with E-state index < -0.39 is 0 Å². The number of amides is 1. The molecule has 0 aliphatic carbocycles. The van der Waals surface area contributed by atoms with Crippen LogP contribution in [-0.2, 0) is 6.54 Å². The maximum Gasteiger partial charge on any atom is 0.255 e. The lowest BCUT2D eigenvalue weighted by Gasteiger charge is -2.10. The molecule has 3 aromatic carbocycles. The second-order valence-electron chi connectivity index (χ2n) is 6.96. The van der Waals surface area contributed by atoms with E-state index in [1.165, 1.54) is 0 Å². The van der Waals surface area contributed by atoms with Gasteiger partial charge in [0.15, 0.2) is 5.17 Å². The van der Waals surface area contributed by atoms with Crippen LogP contribution < -0.4 is 16.4 Å². The largest absolute Gasteiger partial charge is 0.508 e. The minimum absolute atomic E-state index is 0.186. The lowest BCUT2D eigenvalue weighted by atomic mass is 10.1. The highest BCUT2D eigenvalue weighted by Crippen LogP contribution is 2.27. The van der Waals surface area contributed by atoms with Crippen molar-refractivity contribution in [1.29, 1.82) is 0 Å². The van der Waals surface area contributed by atoms with Crippen LogP contribution in [0.2, 0.25) is 0 Å². The van der Waals surface area contributed by atoms with Crippen molar-refractivity contribution < 1.29 is 9.90 Å². The first-order chi connectivity index (χ1) is 14.6. The maximum atomic E-state index is 12.4. The van der Waals surface area contributed by atoms with Crippen LogP contribution in [-0.4, -0.2) is 21.9 Å². The summed E-state index contributed by atoms with van der Waals surface area (Å²) in [4.78, 5) is 17.1. The summed E-state index contributed by atoms with van der Waals surface area (Å²) in [5, 5.41) is 16.6. The molecule has 0 radical (unpaired) electrons. The van der Waals surface area contributed by atoms with Crippen LogP contribution in [0.5, 0.6) is 5.75 Å². The fraction of sp³-hybridized carbons (Fsp3) is 0.130. The number of thioether (sulfide) groups is 1. The molecule has 3 aromatic rings. The van der Waals surface area contributed by atoms with Crippen LogP contribution >= 0.6 is 11.8 Å². The van der Waals surface area contributed by atoms with Crippen LogP contribution in [0, 0.1) is 0 Å². The molecule has 4 rings (SSSR count). The number of hydrogen-bond acceptors (Lipinski definition) is 5. The predicted octanol–water partition coefficient (Wildman–Crippen LogP) is 4.16. The summed E-state index contributed by atoms with van der Waals surface area (Å²) in [7, 11) is 0. The second-order valence-corrected chi connectivity index (χ2v) is 7.97. The number of nitrogens with two attached hydrogens (primary N) is 1. The molecule has 1 amide bonds. The Bertz CT molecular complexity index is 1070. The number of nitrogens with one attached hydrogen (secondary N) is 2. The molecule has 0 bridgehead atoms. The van der Waals surface area contributed by atoms with E-state index >= 15 is 0 Å². The number of para-hydroxylation sites is 2. The summed E-state index contributed by atoms with van der Waals surface area (Å²) in [5.74, 6) is 0.962. The number of hydrogen-bond donors (Lipinski definition) is 4. The predicted molar refractivity (Wildman–Crippen MR) is 123 cm³/mol. The van der Waals surface area contributed by atoms with Crippen LogP contribution in [0.4, 0.5) is 11.4 Å². The van der Waals surface area contributed by atoms with E-state index in [-0.39, 0.29) is 17.7 Å². The molecule has 0 aromatic heterocycles. The van der Waals surface area contributed by atoms with Gasteiger partial charge < -0.3 is 21.5 Å². The quantitative estimate of drug-likeness (QED) is 0.466. The highest BCUT2D eigenvalue weighted by atomic mass is 32.2. The number of phenols is 1. The summed E-state index contributed by atoms with van der Waals surface area (Å²) in [6.07, 6.45) is 0. The first-order valence-corrected chi connectivity index (χ1v) is 10.5. The number of phenolic OH excluding ortho intramolecular Hbond substituents is 1. The molecular formula is C23H22N4O2S. The average molecular weight is 419 g/mol. The summed E-state index contributed by atoms with van der Waals surface area (Å²) in [5.41, 5.74) is 9.72. The zero-order valence-corrected chi connectivity index (χ0v) is 17.0. The Morgan fingerprint density at radius 1 is 1.10 bits per heavy atom. The zero-order valence-electron chi connectivity index (χ0n) is 16.2. The van der Waals surface area contributed by atoms with Gasteiger partial charge in [-0.15, -0.1) is 0 Å². The van der Waals surface area contributed by atoms with Crippen LogP contribution in [0.3, 0.4) is 0 Å². The molecule has 0 spiro atoms. The first kappa shape index (κ1) is 19.8. The standard InChI is InChI=1S/C23H22N4O2S/c24-19-3-1-2-4-20(19)26-22(29)17-7-5-15(6-8-17)13-25-23-27-21(14-30-23)16-9-11-18(28)12-10-16/h1-12,21,28H,13-14,24H2,(H,25,27)(H,26,29)/t21-/m1/s1. The minimum atomic E-state index is -0.199.